The van der Waals surface area contributed by atoms with E-state index in [9.17, 15) is 0 Å². The van der Waals surface area contributed by atoms with Gasteiger partial charge in [-0.3, -0.25) is 0 Å². The summed E-state index contributed by atoms with van der Waals surface area (Å²) in [6.45, 7) is 5.06. The molecule has 1 fully saturated rings. The standard InChI is InChI=1S/C7H13O/c1-6(2)5-8-7-3-4-7/h7H,3-5H2,1-2H3. The third-order valence-corrected chi connectivity index (χ3v) is 1.13. The van der Waals surface area contributed by atoms with Crippen molar-refractivity contribution in [2.45, 2.75) is 32.8 Å². The van der Waals surface area contributed by atoms with Gasteiger partial charge in [0.05, 0.1) is 12.7 Å². The zero-order valence-electron chi connectivity index (χ0n) is 5.61. The molecule has 0 bridgehead atoms. The quantitative estimate of drug-likeness (QED) is 0.542. The van der Waals surface area contributed by atoms with Gasteiger partial charge in [0.1, 0.15) is 0 Å². The van der Waals surface area contributed by atoms with Crippen molar-refractivity contribution in [3.05, 3.63) is 5.92 Å². The highest BCUT2D eigenvalue weighted by Crippen LogP contribution is 2.23. The van der Waals surface area contributed by atoms with Gasteiger partial charge >= 0.3 is 0 Å². The van der Waals surface area contributed by atoms with Gasteiger partial charge in [-0.15, -0.1) is 0 Å². The molecule has 1 rings (SSSR count). The van der Waals surface area contributed by atoms with Gasteiger partial charge in [0.2, 0.25) is 0 Å². The maximum Gasteiger partial charge on any atom is 0.0577 e. The van der Waals surface area contributed by atoms with Crippen molar-refractivity contribution < 1.29 is 4.74 Å². The average molecular weight is 113 g/mol. The molecule has 1 radical (unpaired) electrons. The summed E-state index contributed by atoms with van der Waals surface area (Å²) in [6, 6.07) is 0. The highest BCUT2D eigenvalue weighted by molar-refractivity contribution is 4.80. The Labute approximate surface area is 51.0 Å². The van der Waals surface area contributed by atoms with Gasteiger partial charge in [-0.2, -0.15) is 0 Å². The van der Waals surface area contributed by atoms with E-state index in [-0.39, 0.29) is 0 Å². The smallest absolute Gasteiger partial charge is 0.0577 e. The van der Waals surface area contributed by atoms with Crippen molar-refractivity contribution >= 4 is 0 Å². The lowest BCUT2D eigenvalue weighted by Crippen LogP contribution is -2.00. The molecule has 0 aliphatic heterocycles. The Hall–Kier alpha value is -0.0400. The van der Waals surface area contributed by atoms with Crippen molar-refractivity contribution in [1.29, 1.82) is 0 Å². The Morgan fingerprint density at radius 3 is 2.50 bits per heavy atom. The van der Waals surface area contributed by atoms with Crippen LogP contribution in [0.1, 0.15) is 26.7 Å². The van der Waals surface area contributed by atoms with Crippen molar-refractivity contribution in [1.82, 2.24) is 0 Å². The fourth-order valence-corrected chi connectivity index (χ4v) is 0.519. The largest absolute Gasteiger partial charge is 0.378 e. The molecule has 1 aliphatic carbocycles. The zero-order valence-corrected chi connectivity index (χ0v) is 5.61. The molecule has 1 nitrogen and oxygen atoms in total. The van der Waals surface area contributed by atoms with Crippen LogP contribution in [0.15, 0.2) is 0 Å². The molecule has 0 aromatic rings. The van der Waals surface area contributed by atoms with Crippen LogP contribution in [0.5, 0.6) is 0 Å². The summed E-state index contributed by atoms with van der Waals surface area (Å²) in [6.07, 6.45) is 3.19. The molecule has 0 saturated heterocycles. The zero-order chi connectivity index (χ0) is 5.98. The van der Waals surface area contributed by atoms with Crippen molar-refractivity contribution in [3.63, 3.8) is 0 Å². The van der Waals surface area contributed by atoms with Gasteiger partial charge in [0, 0.05) is 0 Å². The fraction of sp³-hybridized carbons (Fsp3) is 0.857. The van der Waals surface area contributed by atoms with E-state index in [0.717, 1.165) is 6.61 Å². The average Bonchev–Trinajstić information content (AvgIpc) is 2.41. The Morgan fingerprint density at radius 1 is 1.50 bits per heavy atom. The van der Waals surface area contributed by atoms with E-state index >= 15 is 0 Å². The summed E-state index contributed by atoms with van der Waals surface area (Å²) in [5, 5.41) is 0. The van der Waals surface area contributed by atoms with Gasteiger partial charge in [-0.25, -0.2) is 0 Å². The van der Waals surface area contributed by atoms with Gasteiger partial charge < -0.3 is 4.74 Å². The first-order chi connectivity index (χ1) is 3.79. The molecule has 0 heterocycles. The van der Waals surface area contributed by atoms with E-state index in [2.05, 4.69) is 13.8 Å². The van der Waals surface area contributed by atoms with E-state index in [1.807, 2.05) is 0 Å². The molecule has 0 spiro atoms. The topological polar surface area (TPSA) is 9.23 Å². The van der Waals surface area contributed by atoms with Crippen LogP contribution < -0.4 is 0 Å². The van der Waals surface area contributed by atoms with Crippen molar-refractivity contribution in [2.24, 2.45) is 0 Å². The number of hydrogen-bond donors (Lipinski definition) is 0. The van der Waals surface area contributed by atoms with Gasteiger partial charge in [0.25, 0.3) is 0 Å². The lowest BCUT2D eigenvalue weighted by atomic mass is 10.2. The Balaban J connectivity index is 1.87. The van der Waals surface area contributed by atoms with E-state index < -0.39 is 0 Å². The molecule has 0 unspecified atom stereocenters. The summed E-state index contributed by atoms with van der Waals surface area (Å²) >= 11 is 0. The molecule has 8 heavy (non-hydrogen) atoms. The van der Waals surface area contributed by atoms with Crippen LogP contribution in [0.4, 0.5) is 0 Å². The summed E-state index contributed by atoms with van der Waals surface area (Å²) in [5.74, 6) is 1.37. The first-order valence-corrected chi connectivity index (χ1v) is 3.19. The monoisotopic (exact) mass is 113 g/mol. The number of hydrogen-bond acceptors (Lipinski definition) is 1. The SMILES string of the molecule is C[C](C)COC1CC1. The molecule has 0 N–H and O–H groups in total. The molecule has 0 atom stereocenters. The van der Waals surface area contributed by atoms with Crippen LogP contribution in [0.3, 0.4) is 0 Å². The summed E-state index contributed by atoms with van der Waals surface area (Å²) in [4.78, 5) is 0. The predicted octanol–water partition coefficient (Wildman–Crippen LogP) is 1.78. The van der Waals surface area contributed by atoms with Crippen LogP contribution in [0.25, 0.3) is 0 Å². The first kappa shape index (κ1) is 6.09. The normalized spacial score (nSPS) is 19.9. The lowest BCUT2D eigenvalue weighted by molar-refractivity contribution is 0.130. The van der Waals surface area contributed by atoms with Gasteiger partial charge in [0.15, 0.2) is 0 Å². The molecule has 0 aromatic heterocycles. The third-order valence-electron chi connectivity index (χ3n) is 1.13. The molecule has 0 amide bonds. The van der Waals surface area contributed by atoms with Crippen LogP contribution >= 0.6 is 0 Å². The summed E-state index contributed by atoms with van der Waals surface area (Å²) in [5.41, 5.74) is 0. The highest BCUT2D eigenvalue weighted by atomic mass is 16.5. The van der Waals surface area contributed by atoms with Crippen molar-refractivity contribution in [2.75, 3.05) is 6.61 Å². The molecular formula is C7H13O. The van der Waals surface area contributed by atoms with E-state index in [4.69, 9.17) is 4.74 Å². The van der Waals surface area contributed by atoms with E-state index in [1.54, 1.807) is 0 Å². The first-order valence-electron chi connectivity index (χ1n) is 3.19. The minimum atomic E-state index is 0.616. The van der Waals surface area contributed by atoms with Gasteiger partial charge in [-0.05, 0) is 18.8 Å². The molecule has 1 saturated carbocycles. The highest BCUT2D eigenvalue weighted by Gasteiger charge is 2.21. The van der Waals surface area contributed by atoms with Crippen LogP contribution in [0, 0.1) is 5.92 Å². The number of ether oxygens (including phenoxy) is 1. The van der Waals surface area contributed by atoms with Gasteiger partial charge in [-0.1, -0.05) is 13.8 Å². The third kappa shape index (κ3) is 2.31. The van der Waals surface area contributed by atoms with E-state index in [0.29, 0.717) is 6.10 Å². The predicted molar refractivity (Wildman–Crippen MR) is 33.6 cm³/mol. The lowest BCUT2D eigenvalue weighted by Gasteiger charge is -2.02. The van der Waals surface area contributed by atoms with Crippen LogP contribution in [-0.4, -0.2) is 12.7 Å². The summed E-state index contributed by atoms with van der Waals surface area (Å²) < 4.78 is 5.38. The number of rotatable bonds is 3. The molecule has 0 aromatic carbocycles. The molecule has 1 heteroatoms. The minimum absolute atomic E-state index is 0.616. The van der Waals surface area contributed by atoms with Crippen LogP contribution in [0.2, 0.25) is 0 Å². The molecule has 1 aliphatic rings. The van der Waals surface area contributed by atoms with Crippen LogP contribution in [-0.2, 0) is 4.74 Å². The second kappa shape index (κ2) is 2.49. The minimum Gasteiger partial charge on any atom is -0.378 e. The maximum atomic E-state index is 5.38. The molecular weight excluding hydrogens is 100 g/mol. The second-order valence-electron chi connectivity index (χ2n) is 2.72. The van der Waals surface area contributed by atoms with Crippen molar-refractivity contribution in [3.8, 4) is 0 Å². The Bertz CT molecular complexity index is 62.8. The maximum absolute atomic E-state index is 5.38. The van der Waals surface area contributed by atoms with E-state index in [1.165, 1.54) is 18.8 Å². The Morgan fingerprint density at radius 2 is 2.12 bits per heavy atom. The Kier molecular flexibility index (Phi) is 1.90. The summed E-state index contributed by atoms with van der Waals surface area (Å²) in [7, 11) is 0. The fourth-order valence-electron chi connectivity index (χ4n) is 0.519. The second-order valence-corrected chi connectivity index (χ2v) is 2.72. The molecule has 47 valence electrons.